The van der Waals surface area contributed by atoms with E-state index in [1.807, 2.05) is 0 Å². The summed E-state index contributed by atoms with van der Waals surface area (Å²) in [4.78, 5) is 22.4. The summed E-state index contributed by atoms with van der Waals surface area (Å²) >= 11 is 0. The van der Waals surface area contributed by atoms with E-state index in [4.69, 9.17) is 5.11 Å². The first-order valence-corrected chi connectivity index (χ1v) is 7.44. The Labute approximate surface area is 120 Å². The molecule has 114 valence electrons. The van der Waals surface area contributed by atoms with Crippen molar-refractivity contribution < 1.29 is 18.3 Å². The van der Waals surface area contributed by atoms with Gasteiger partial charge in [-0.3, -0.25) is 13.9 Å². The summed E-state index contributed by atoms with van der Waals surface area (Å²) in [5.41, 5.74) is 0.799. The number of carboxylic acids is 1. The molecule has 9 heteroatoms. The average Bonchev–Trinajstić information content (AvgIpc) is 2.63. The van der Waals surface area contributed by atoms with Crippen LogP contribution in [-0.2, 0) is 28.9 Å². The minimum atomic E-state index is -3.92. The number of aliphatic carboxylic acids is 1. The molecule has 8 nitrogen and oxygen atoms in total. The lowest BCUT2D eigenvalue weighted by molar-refractivity contribution is -0.137. The molecule has 0 unspecified atom stereocenters. The normalized spacial score (nSPS) is 12.2. The molecule has 0 saturated heterocycles. The maximum Gasteiger partial charge on any atom is 0.328 e. The molecular weight excluding hydrogens is 298 g/mol. The summed E-state index contributed by atoms with van der Waals surface area (Å²) in [6.45, 7) is -0.631. The Kier molecular flexibility index (Phi) is 3.64. The van der Waals surface area contributed by atoms with Gasteiger partial charge in [-0.05, 0) is 18.2 Å². The predicted molar refractivity (Wildman–Crippen MR) is 75.6 cm³/mol. The zero-order chi connectivity index (χ0) is 15.9. The number of likely N-dealkylation sites (N-methyl/N-ethyl adjacent to an activating group) is 1. The SMILES string of the molecule is CN(CC(=O)O)S(=O)(=O)c1ccc2c(c1)n(C)c(=O)n2C. The van der Waals surface area contributed by atoms with Gasteiger partial charge in [-0.1, -0.05) is 0 Å². The van der Waals surface area contributed by atoms with Gasteiger partial charge in [0.1, 0.15) is 6.54 Å². The topological polar surface area (TPSA) is 102 Å². The van der Waals surface area contributed by atoms with E-state index in [-0.39, 0.29) is 10.6 Å². The van der Waals surface area contributed by atoms with Gasteiger partial charge in [-0.2, -0.15) is 4.31 Å². The number of fused-ring (bicyclic) bond motifs is 1. The molecule has 2 aromatic rings. The van der Waals surface area contributed by atoms with Crippen LogP contribution < -0.4 is 5.69 Å². The minimum absolute atomic E-state index is 0.0556. The molecule has 1 N–H and O–H groups in total. The molecule has 0 radical (unpaired) electrons. The Morgan fingerprint density at radius 3 is 2.38 bits per heavy atom. The van der Waals surface area contributed by atoms with E-state index in [9.17, 15) is 18.0 Å². The number of rotatable bonds is 4. The van der Waals surface area contributed by atoms with Crippen LogP contribution in [0.5, 0.6) is 0 Å². The molecule has 0 atom stereocenters. The standard InChI is InChI=1S/C12H15N3O5S/c1-13(7-11(16)17)21(19,20)8-4-5-9-10(6-8)15(3)12(18)14(9)2/h4-6H,7H2,1-3H3,(H,16,17). The summed E-state index contributed by atoms with van der Waals surface area (Å²) in [5.74, 6) is -1.24. The zero-order valence-electron chi connectivity index (χ0n) is 11.8. The number of carboxylic acid groups (broad SMARTS) is 1. The van der Waals surface area contributed by atoms with Crippen molar-refractivity contribution in [1.82, 2.24) is 13.4 Å². The molecule has 1 aromatic carbocycles. The summed E-state index contributed by atoms with van der Waals surface area (Å²) in [6.07, 6.45) is 0. The lowest BCUT2D eigenvalue weighted by atomic mass is 10.3. The highest BCUT2D eigenvalue weighted by Crippen LogP contribution is 2.20. The van der Waals surface area contributed by atoms with Crippen LogP contribution in [-0.4, -0.2) is 46.5 Å². The number of nitrogens with zero attached hydrogens (tertiary/aromatic N) is 3. The van der Waals surface area contributed by atoms with Gasteiger partial charge in [0, 0.05) is 21.1 Å². The van der Waals surface area contributed by atoms with Gasteiger partial charge in [0.15, 0.2) is 0 Å². The number of sulfonamides is 1. The van der Waals surface area contributed by atoms with Crippen LogP contribution in [0.1, 0.15) is 0 Å². The van der Waals surface area contributed by atoms with E-state index in [0.717, 1.165) is 4.31 Å². The van der Waals surface area contributed by atoms with Crippen LogP contribution in [0.2, 0.25) is 0 Å². The molecule has 0 aliphatic heterocycles. The molecular formula is C12H15N3O5S. The molecule has 21 heavy (non-hydrogen) atoms. The van der Waals surface area contributed by atoms with E-state index < -0.39 is 22.5 Å². The van der Waals surface area contributed by atoms with Crippen molar-refractivity contribution in [3.8, 4) is 0 Å². The Balaban J connectivity index is 2.60. The van der Waals surface area contributed by atoms with Crippen molar-refractivity contribution in [1.29, 1.82) is 0 Å². The van der Waals surface area contributed by atoms with Gasteiger partial charge in [-0.15, -0.1) is 0 Å². The van der Waals surface area contributed by atoms with Crippen LogP contribution in [0, 0.1) is 0 Å². The lowest BCUT2D eigenvalue weighted by Crippen LogP contribution is -2.32. The third kappa shape index (κ3) is 2.45. The summed E-state index contributed by atoms with van der Waals surface area (Å²) in [7, 11) is 0.410. The molecule has 0 saturated carbocycles. The van der Waals surface area contributed by atoms with Gasteiger partial charge in [-0.25, -0.2) is 13.2 Å². The summed E-state index contributed by atoms with van der Waals surface area (Å²) in [5, 5.41) is 8.69. The van der Waals surface area contributed by atoms with Gasteiger partial charge >= 0.3 is 11.7 Å². The van der Waals surface area contributed by atoms with Crippen molar-refractivity contribution in [3.63, 3.8) is 0 Å². The fourth-order valence-corrected chi connectivity index (χ4v) is 3.24. The maximum atomic E-state index is 12.3. The summed E-state index contributed by atoms with van der Waals surface area (Å²) < 4.78 is 28.1. The first kappa shape index (κ1) is 15.3. The van der Waals surface area contributed by atoms with Gasteiger partial charge < -0.3 is 5.11 Å². The van der Waals surface area contributed by atoms with Crippen LogP contribution in [0.3, 0.4) is 0 Å². The van der Waals surface area contributed by atoms with E-state index in [1.165, 1.54) is 34.4 Å². The van der Waals surface area contributed by atoms with Crippen molar-refractivity contribution in [3.05, 3.63) is 28.7 Å². The molecule has 2 rings (SSSR count). The third-order valence-corrected chi connectivity index (χ3v) is 5.11. The Bertz CT molecular complexity index is 878. The van der Waals surface area contributed by atoms with Crippen molar-refractivity contribution >= 4 is 27.0 Å². The first-order chi connectivity index (χ1) is 9.66. The predicted octanol–water partition coefficient (Wildman–Crippen LogP) is -0.418. The van der Waals surface area contributed by atoms with Crippen LogP contribution in [0.25, 0.3) is 11.0 Å². The third-order valence-electron chi connectivity index (χ3n) is 3.31. The molecule has 0 aliphatic carbocycles. The first-order valence-electron chi connectivity index (χ1n) is 6.00. The molecule has 0 amide bonds. The fourth-order valence-electron chi connectivity index (χ4n) is 2.10. The van der Waals surface area contributed by atoms with E-state index in [0.29, 0.717) is 11.0 Å². The fraction of sp³-hybridized carbons (Fsp3) is 0.333. The van der Waals surface area contributed by atoms with E-state index >= 15 is 0 Å². The largest absolute Gasteiger partial charge is 0.480 e. The van der Waals surface area contributed by atoms with Gasteiger partial charge in [0.2, 0.25) is 10.0 Å². The second kappa shape index (κ2) is 5.01. The maximum absolute atomic E-state index is 12.3. The monoisotopic (exact) mass is 313 g/mol. The number of hydrogen-bond acceptors (Lipinski definition) is 4. The number of imidazole rings is 1. The molecule has 1 heterocycles. The Morgan fingerprint density at radius 2 is 1.81 bits per heavy atom. The second-order valence-electron chi connectivity index (χ2n) is 4.71. The van der Waals surface area contributed by atoms with Crippen molar-refractivity contribution in [2.75, 3.05) is 13.6 Å². The minimum Gasteiger partial charge on any atom is -0.480 e. The quantitative estimate of drug-likeness (QED) is 0.826. The number of hydrogen-bond donors (Lipinski definition) is 1. The Hall–Kier alpha value is -2.13. The van der Waals surface area contributed by atoms with Gasteiger partial charge in [0.25, 0.3) is 0 Å². The lowest BCUT2D eigenvalue weighted by Gasteiger charge is -2.14. The number of aryl methyl sites for hydroxylation is 2. The van der Waals surface area contributed by atoms with Crippen LogP contribution >= 0.6 is 0 Å². The number of carbonyl (C=O) groups is 1. The molecule has 0 fully saturated rings. The number of benzene rings is 1. The highest BCUT2D eigenvalue weighted by Gasteiger charge is 2.23. The van der Waals surface area contributed by atoms with Crippen LogP contribution in [0.4, 0.5) is 0 Å². The van der Waals surface area contributed by atoms with Crippen molar-refractivity contribution in [2.45, 2.75) is 4.90 Å². The van der Waals surface area contributed by atoms with E-state index in [1.54, 1.807) is 14.1 Å². The van der Waals surface area contributed by atoms with Crippen molar-refractivity contribution in [2.24, 2.45) is 14.1 Å². The molecule has 0 spiro atoms. The molecule has 1 aromatic heterocycles. The molecule has 0 aliphatic rings. The highest BCUT2D eigenvalue weighted by molar-refractivity contribution is 7.89. The zero-order valence-corrected chi connectivity index (χ0v) is 12.6. The summed E-state index contributed by atoms with van der Waals surface area (Å²) in [6, 6.07) is 4.25. The average molecular weight is 313 g/mol. The molecule has 0 bridgehead atoms. The van der Waals surface area contributed by atoms with Crippen LogP contribution in [0.15, 0.2) is 27.9 Å². The number of aromatic nitrogens is 2. The van der Waals surface area contributed by atoms with Gasteiger partial charge in [0.05, 0.1) is 15.9 Å². The highest BCUT2D eigenvalue weighted by atomic mass is 32.2. The smallest absolute Gasteiger partial charge is 0.328 e. The Morgan fingerprint density at radius 1 is 1.24 bits per heavy atom. The second-order valence-corrected chi connectivity index (χ2v) is 6.75. The van der Waals surface area contributed by atoms with E-state index in [2.05, 4.69) is 0 Å².